The van der Waals surface area contributed by atoms with Crippen molar-refractivity contribution in [1.82, 2.24) is 10.3 Å². The smallest absolute Gasteiger partial charge is 0.422 e. The van der Waals surface area contributed by atoms with E-state index in [-0.39, 0.29) is 17.4 Å². The van der Waals surface area contributed by atoms with E-state index in [9.17, 15) is 22.8 Å². The third-order valence-corrected chi connectivity index (χ3v) is 3.79. The molecule has 0 aliphatic carbocycles. The molecular formula is C20H22F3N3O3. The van der Waals surface area contributed by atoms with Gasteiger partial charge >= 0.3 is 6.18 Å². The predicted molar refractivity (Wildman–Crippen MR) is 102 cm³/mol. The first-order chi connectivity index (χ1) is 13.5. The van der Waals surface area contributed by atoms with Crippen LogP contribution in [0.5, 0.6) is 5.88 Å². The lowest BCUT2D eigenvalue weighted by molar-refractivity contribution is -0.154. The average Bonchev–Trinajstić information content (AvgIpc) is 2.65. The first-order valence-electron chi connectivity index (χ1n) is 8.91. The van der Waals surface area contributed by atoms with Crippen LogP contribution in [0.15, 0.2) is 36.5 Å². The van der Waals surface area contributed by atoms with Crippen LogP contribution in [0.25, 0.3) is 0 Å². The molecule has 0 spiro atoms. The number of ether oxygens (including phenoxy) is 1. The molecule has 0 atom stereocenters. The number of alkyl halides is 3. The van der Waals surface area contributed by atoms with Crippen molar-refractivity contribution in [2.45, 2.75) is 26.9 Å². The van der Waals surface area contributed by atoms with Crippen LogP contribution < -0.4 is 15.4 Å². The van der Waals surface area contributed by atoms with Gasteiger partial charge in [-0.3, -0.25) is 9.59 Å². The number of aryl methyl sites for hydroxylation is 1. The molecule has 2 N–H and O–H groups in total. The third kappa shape index (κ3) is 7.10. The van der Waals surface area contributed by atoms with E-state index in [1.165, 1.54) is 12.1 Å². The number of aromatic nitrogens is 1. The summed E-state index contributed by atoms with van der Waals surface area (Å²) in [6.45, 7) is 4.84. The highest BCUT2D eigenvalue weighted by Crippen LogP contribution is 2.19. The molecule has 6 nitrogen and oxygen atoms in total. The van der Waals surface area contributed by atoms with Gasteiger partial charge in [-0.05, 0) is 42.7 Å². The second kappa shape index (κ2) is 9.40. The van der Waals surface area contributed by atoms with E-state index in [1.807, 2.05) is 13.8 Å². The maximum absolute atomic E-state index is 12.3. The first kappa shape index (κ1) is 22.2. The number of anilines is 1. The Morgan fingerprint density at radius 3 is 2.34 bits per heavy atom. The Balaban J connectivity index is 2.00. The predicted octanol–water partition coefficient (Wildman–Crippen LogP) is 3.97. The molecule has 156 valence electrons. The number of nitrogens with zero attached hydrogens (tertiary/aromatic N) is 1. The molecule has 2 aromatic rings. The quantitative estimate of drug-likeness (QED) is 0.725. The number of halogens is 3. The Morgan fingerprint density at radius 2 is 1.79 bits per heavy atom. The minimum atomic E-state index is -4.47. The van der Waals surface area contributed by atoms with Gasteiger partial charge in [0.15, 0.2) is 6.61 Å². The Morgan fingerprint density at radius 1 is 1.10 bits per heavy atom. The maximum atomic E-state index is 12.3. The van der Waals surface area contributed by atoms with Crippen LogP contribution in [0.2, 0.25) is 0 Å². The highest BCUT2D eigenvalue weighted by molar-refractivity contribution is 6.05. The van der Waals surface area contributed by atoms with Crippen molar-refractivity contribution in [2.75, 3.05) is 18.5 Å². The molecule has 2 amide bonds. The molecule has 9 heteroatoms. The van der Waals surface area contributed by atoms with Gasteiger partial charge in [-0.2, -0.15) is 13.2 Å². The van der Waals surface area contributed by atoms with E-state index in [4.69, 9.17) is 0 Å². The largest absolute Gasteiger partial charge is 0.468 e. The van der Waals surface area contributed by atoms with E-state index < -0.39 is 18.7 Å². The molecule has 1 aromatic heterocycles. The van der Waals surface area contributed by atoms with Crippen LogP contribution in [0, 0.1) is 12.8 Å². The minimum absolute atomic E-state index is 0.155. The molecule has 0 radical (unpaired) electrons. The summed E-state index contributed by atoms with van der Waals surface area (Å²) >= 11 is 0. The number of hydrogen-bond acceptors (Lipinski definition) is 4. The lowest BCUT2D eigenvalue weighted by atomic mass is 10.1. The highest BCUT2D eigenvalue weighted by atomic mass is 19.4. The molecule has 0 fully saturated rings. The summed E-state index contributed by atoms with van der Waals surface area (Å²) in [6, 6.07) is 7.39. The Hall–Kier alpha value is -3.10. The van der Waals surface area contributed by atoms with Crippen molar-refractivity contribution in [2.24, 2.45) is 5.92 Å². The number of nitrogens with one attached hydrogen (secondary N) is 2. The number of hydrogen-bond donors (Lipinski definition) is 2. The second-order valence-corrected chi connectivity index (χ2v) is 6.88. The standard InChI is InChI=1S/C20H22F3N3O3/c1-12(2)9-25-18(27)14-4-6-16(13(3)8-14)26-19(28)15-5-7-17(24-10-15)29-11-20(21,22)23/h4-8,10,12H,9,11H2,1-3H3,(H,25,27)(H,26,28). The number of benzene rings is 1. The zero-order valence-corrected chi connectivity index (χ0v) is 16.3. The fraction of sp³-hybridized carbons (Fsp3) is 0.350. The molecular weight excluding hydrogens is 387 g/mol. The van der Waals surface area contributed by atoms with Gasteiger partial charge in [0.1, 0.15) is 0 Å². The van der Waals surface area contributed by atoms with E-state index in [1.54, 1.807) is 25.1 Å². The first-order valence-corrected chi connectivity index (χ1v) is 8.91. The van der Waals surface area contributed by atoms with Gasteiger partial charge in [0.05, 0.1) is 5.56 Å². The summed E-state index contributed by atoms with van der Waals surface area (Å²) in [4.78, 5) is 28.2. The summed E-state index contributed by atoms with van der Waals surface area (Å²) in [6.07, 6.45) is -3.34. The number of carbonyl (C=O) groups excluding carboxylic acids is 2. The molecule has 0 saturated heterocycles. The highest BCUT2D eigenvalue weighted by Gasteiger charge is 2.28. The van der Waals surface area contributed by atoms with Gasteiger partial charge in [-0.15, -0.1) is 0 Å². The van der Waals surface area contributed by atoms with Crippen LogP contribution in [0.3, 0.4) is 0 Å². The van der Waals surface area contributed by atoms with Crippen molar-refractivity contribution in [3.63, 3.8) is 0 Å². The normalized spacial score (nSPS) is 11.3. The van der Waals surface area contributed by atoms with Crippen LogP contribution in [0.1, 0.15) is 40.1 Å². The van der Waals surface area contributed by atoms with Gasteiger partial charge in [0.2, 0.25) is 5.88 Å². The molecule has 0 saturated carbocycles. The molecule has 2 rings (SSSR count). The van der Waals surface area contributed by atoms with E-state index in [0.717, 1.165) is 6.20 Å². The van der Waals surface area contributed by atoms with E-state index >= 15 is 0 Å². The maximum Gasteiger partial charge on any atom is 0.422 e. The molecule has 0 aliphatic heterocycles. The van der Waals surface area contributed by atoms with Crippen LogP contribution in [-0.2, 0) is 0 Å². The van der Waals surface area contributed by atoms with E-state index in [0.29, 0.717) is 29.3 Å². The summed E-state index contributed by atoms with van der Waals surface area (Å²) in [7, 11) is 0. The molecule has 0 bridgehead atoms. The molecule has 1 aromatic carbocycles. The Kier molecular flexibility index (Phi) is 7.19. The zero-order valence-electron chi connectivity index (χ0n) is 16.3. The minimum Gasteiger partial charge on any atom is -0.468 e. The number of amides is 2. The van der Waals surface area contributed by atoms with Crippen molar-refractivity contribution in [1.29, 1.82) is 0 Å². The van der Waals surface area contributed by atoms with Gasteiger partial charge in [-0.25, -0.2) is 4.98 Å². The van der Waals surface area contributed by atoms with Crippen LogP contribution in [-0.4, -0.2) is 36.1 Å². The van der Waals surface area contributed by atoms with E-state index in [2.05, 4.69) is 20.4 Å². The van der Waals surface area contributed by atoms with Gasteiger partial charge < -0.3 is 15.4 Å². The topological polar surface area (TPSA) is 80.3 Å². The SMILES string of the molecule is Cc1cc(C(=O)NCC(C)C)ccc1NC(=O)c1ccc(OCC(F)(F)F)nc1. The number of rotatable bonds is 7. The van der Waals surface area contributed by atoms with Crippen molar-refractivity contribution in [3.8, 4) is 5.88 Å². The molecule has 1 heterocycles. The Labute approximate surface area is 166 Å². The number of carbonyl (C=O) groups is 2. The van der Waals surface area contributed by atoms with Crippen molar-refractivity contribution < 1.29 is 27.5 Å². The molecule has 29 heavy (non-hydrogen) atoms. The monoisotopic (exact) mass is 409 g/mol. The van der Waals surface area contributed by atoms with Crippen LogP contribution in [0.4, 0.5) is 18.9 Å². The van der Waals surface area contributed by atoms with Gasteiger partial charge in [0.25, 0.3) is 11.8 Å². The molecule has 0 aliphatic rings. The number of pyridine rings is 1. The van der Waals surface area contributed by atoms with Crippen molar-refractivity contribution >= 4 is 17.5 Å². The molecule has 0 unspecified atom stereocenters. The lowest BCUT2D eigenvalue weighted by Gasteiger charge is -2.12. The summed E-state index contributed by atoms with van der Waals surface area (Å²) in [5.41, 5.74) is 1.83. The average molecular weight is 409 g/mol. The fourth-order valence-corrected chi connectivity index (χ4v) is 2.29. The third-order valence-electron chi connectivity index (χ3n) is 3.79. The Bertz CT molecular complexity index is 866. The van der Waals surface area contributed by atoms with Gasteiger partial charge in [0, 0.05) is 30.1 Å². The second-order valence-electron chi connectivity index (χ2n) is 6.88. The summed E-state index contributed by atoms with van der Waals surface area (Å²) < 4.78 is 40.9. The summed E-state index contributed by atoms with van der Waals surface area (Å²) in [5.74, 6) is -0.581. The summed E-state index contributed by atoms with van der Waals surface area (Å²) in [5, 5.41) is 5.51. The van der Waals surface area contributed by atoms with Crippen LogP contribution >= 0.6 is 0 Å². The lowest BCUT2D eigenvalue weighted by Crippen LogP contribution is -2.27. The van der Waals surface area contributed by atoms with Gasteiger partial charge in [-0.1, -0.05) is 13.8 Å². The fourth-order valence-electron chi connectivity index (χ4n) is 2.29. The van der Waals surface area contributed by atoms with Crippen molar-refractivity contribution in [3.05, 3.63) is 53.2 Å². The zero-order chi connectivity index (χ0) is 21.6.